The van der Waals surface area contributed by atoms with Crippen molar-refractivity contribution in [2.24, 2.45) is 18.7 Å². The van der Waals surface area contributed by atoms with E-state index in [1.54, 1.807) is 4.68 Å². The third kappa shape index (κ3) is 3.89. The van der Waals surface area contributed by atoms with Crippen molar-refractivity contribution in [3.8, 4) is 5.75 Å². The number of halogens is 1. The highest BCUT2D eigenvalue weighted by Crippen LogP contribution is 2.38. The van der Waals surface area contributed by atoms with Gasteiger partial charge in [0.2, 0.25) is 0 Å². The van der Waals surface area contributed by atoms with Crippen LogP contribution in [0.25, 0.3) is 0 Å². The number of aryl methyl sites for hydroxylation is 2. The topological polar surface area (TPSA) is 82.2 Å². The lowest BCUT2D eigenvalue weighted by atomic mass is 9.96. The van der Waals surface area contributed by atoms with Gasteiger partial charge in [-0.25, -0.2) is 0 Å². The summed E-state index contributed by atoms with van der Waals surface area (Å²) in [5.74, 6) is 1.05. The van der Waals surface area contributed by atoms with Gasteiger partial charge in [0.05, 0.1) is 11.2 Å². The number of nitrogens with zero attached hydrogens (tertiary/aromatic N) is 2. The minimum Gasteiger partial charge on any atom is -0.480 e. The predicted octanol–water partition coefficient (Wildman–Crippen LogP) is 1.08. The molecule has 0 aromatic carbocycles. The lowest BCUT2D eigenvalue weighted by molar-refractivity contribution is -0.125. The Balaban J connectivity index is 0.00000220. The fourth-order valence-corrected chi connectivity index (χ4v) is 2.50. The van der Waals surface area contributed by atoms with Gasteiger partial charge in [0.15, 0.2) is 12.4 Å². The normalized spacial score (nSPS) is 16.8. The maximum Gasteiger partial charge on any atom is 0.258 e. The minimum atomic E-state index is -0.306. The minimum absolute atomic E-state index is 0. The van der Waals surface area contributed by atoms with Gasteiger partial charge in [-0.2, -0.15) is 5.10 Å². The maximum absolute atomic E-state index is 12.0. The second kappa shape index (κ2) is 6.66. The lowest BCUT2D eigenvalue weighted by Crippen LogP contribution is -2.54. The molecule has 1 unspecified atom stereocenters. The van der Waals surface area contributed by atoms with Crippen LogP contribution in [0.5, 0.6) is 5.75 Å². The number of rotatable bonds is 6. The molecule has 2 rings (SSSR count). The van der Waals surface area contributed by atoms with E-state index >= 15 is 0 Å². The van der Waals surface area contributed by atoms with E-state index < -0.39 is 0 Å². The molecule has 1 saturated carbocycles. The van der Waals surface area contributed by atoms with E-state index in [2.05, 4.69) is 10.4 Å². The first-order valence-corrected chi connectivity index (χ1v) is 7.01. The summed E-state index contributed by atoms with van der Waals surface area (Å²) in [5.41, 5.74) is 7.19. The number of hydrogen-bond acceptors (Lipinski definition) is 4. The summed E-state index contributed by atoms with van der Waals surface area (Å²) in [4.78, 5) is 12.0. The molecular formula is C14H25ClN4O2. The largest absolute Gasteiger partial charge is 0.480 e. The highest BCUT2D eigenvalue weighted by Gasteiger charge is 2.41. The molecule has 6 nitrogen and oxygen atoms in total. The molecule has 1 aromatic rings. The molecule has 21 heavy (non-hydrogen) atoms. The van der Waals surface area contributed by atoms with Gasteiger partial charge in [-0.1, -0.05) is 0 Å². The molecule has 0 aliphatic heterocycles. The quantitative estimate of drug-likeness (QED) is 0.823. The fourth-order valence-electron chi connectivity index (χ4n) is 2.50. The Morgan fingerprint density at radius 1 is 1.52 bits per heavy atom. The molecule has 0 bridgehead atoms. The van der Waals surface area contributed by atoms with Crippen LogP contribution >= 0.6 is 12.4 Å². The summed E-state index contributed by atoms with van der Waals surface area (Å²) < 4.78 is 7.35. The highest BCUT2D eigenvalue weighted by molar-refractivity contribution is 5.85. The monoisotopic (exact) mass is 316 g/mol. The molecule has 0 spiro atoms. The number of carbonyl (C=O) groups is 1. The van der Waals surface area contributed by atoms with Gasteiger partial charge in [-0.05, 0) is 39.5 Å². The Hall–Kier alpha value is -1.27. The molecule has 1 amide bonds. The first-order chi connectivity index (χ1) is 9.37. The molecule has 3 N–H and O–H groups in total. The number of carbonyl (C=O) groups excluding carboxylic acids is 1. The summed E-state index contributed by atoms with van der Waals surface area (Å²) in [6.07, 6.45) is 2.27. The van der Waals surface area contributed by atoms with E-state index in [4.69, 9.17) is 10.5 Å². The van der Waals surface area contributed by atoms with Crippen molar-refractivity contribution in [3.05, 3.63) is 11.4 Å². The highest BCUT2D eigenvalue weighted by atomic mass is 35.5. The molecule has 1 heterocycles. The van der Waals surface area contributed by atoms with Crippen molar-refractivity contribution in [1.29, 1.82) is 0 Å². The Morgan fingerprint density at radius 2 is 2.14 bits per heavy atom. The summed E-state index contributed by atoms with van der Waals surface area (Å²) in [6.45, 7) is 6.24. The summed E-state index contributed by atoms with van der Waals surface area (Å²) >= 11 is 0. The Kier molecular flexibility index (Phi) is 5.64. The molecule has 1 aromatic heterocycles. The SMILES string of the molecule is Cc1nn(C)c(C)c1OCC(=O)NC(C)(CN)C1CC1.Cl. The molecule has 0 radical (unpaired) electrons. The van der Waals surface area contributed by atoms with Gasteiger partial charge in [0.25, 0.3) is 5.91 Å². The first kappa shape index (κ1) is 17.8. The average Bonchev–Trinajstić information content (AvgIpc) is 3.19. The van der Waals surface area contributed by atoms with Crippen molar-refractivity contribution in [2.75, 3.05) is 13.2 Å². The number of nitrogens with one attached hydrogen (secondary N) is 1. The predicted molar refractivity (Wildman–Crippen MR) is 83.8 cm³/mol. The average molecular weight is 317 g/mol. The summed E-state index contributed by atoms with van der Waals surface area (Å²) in [7, 11) is 1.86. The standard InChI is InChI=1S/C14H24N4O2.ClH/c1-9-13(10(2)18(4)17-9)20-7-12(19)16-14(3,8-15)11-5-6-11;/h11H,5-8,15H2,1-4H3,(H,16,19);1H. The van der Waals surface area contributed by atoms with Gasteiger partial charge in [0.1, 0.15) is 5.69 Å². The maximum atomic E-state index is 12.0. The van der Waals surface area contributed by atoms with E-state index in [1.165, 1.54) is 0 Å². The van der Waals surface area contributed by atoms with Crippen LogP contribution in [0.3, 0.4) is 0 Å². The van der Waals surface area contributed by atoms with E-state index in [0.29, 0.717) is 18.2 Å². The van der Waals surface area contributed by atoms with Gasteiger partial charge >= 0.3 is 0 Å². The fraction of sp³-hybridized carbons (Fsp3) is 0.714. The van der Waals surface area contributed by atoms with Crippen molar-refractivity contribution < 1.29 is 9.53 Å². The van der Waals surface area contributed by atoms with Crippen molar-refractivity contribution in [3.63, 3.8) is 0 Å². The molecule has 7 heteroatoms. The van der Waals surface area contributed by atoms with Gasteiger partial charge < -0.3 is 15.8 Å². The van der Waals surface area contributed by atoms with Gasteiger partial charge in [-0.15, -0.1) is 12.4 Å². The molecule has 1 atom stereocenters. The number of ether oxygens (including phenoxy) is 1. The number of amides is 1. The number of nitrogens with two attached hydrogens (primary N) is 1. The van der Waals surface area contributed by atoms with Crippen LogP contribution in [0, 0.1) is 19.8 Å². The van der Waals surface area contributed by atoms with Crippen LogP contribution < -0.4 is 15.8 Å². The molecule has 0 saturated heterocycles. The first-order valence-electron chi connectivity index (χ1n) is 7.01. The molecular weight excluding hydrogens is 292 g/mol. The van der Waals surface area contributed by atoms with E-state index in [-0.39, 0.29) is 30.5 Å². The number of aromatic nitrogens is 2. The van der Waals surface area contributed by atoms with Crippen LogP contribution in [-0.2, 0) is 11.8 Å². The van der Waals surface area contributed by atoms with Gasteiger partial charge in [0, 0.05) is 13.6 Å². The molecule has 1 aliphatic carbocycles. The second-order valence-corrected chi connectivity index (χ2v) is 5.86. The third-order valence-corrected chi connectivity index (χ3v) is 4.12. The summed E-state index contributed by atoms with van der Waals surface area (Å²) in [6, 6.07) is 0. The van der Waals surface area contributed by atoms with Crippen LogP contribution in [0.15, 0.2) is 0 Å². The van der Waals surface area contributed by atoms with Crippen molar-refractivity contribution >= 4 is 18.3 Å². The Labute approximate surface area is 131 Å². The van der Waals surface area contributed by atoms with Crippen molar-refractivity contribution in [1.82, 2.24) is 15.1 Å². The zero-order valence-corrected chi connectivity index (χ0v) is 13.9. The smallest absolute Gasteiger partial charge is 0.258 e. The zero-order chi connectivity index (χ0) is 14.9. The van der Waals surface area contributed by atoms with Crippen LogP contribution in [0.1, 0.15) is 31.2 Å². The van der Waals surface area contributed by atoms with Crippen LogP contribution in [0.4, 0.5) is 0 Å². The molecule has 120 valence electrons. The lowest BCUT2D eigenvalue weighted by Gasteiger charge is -2.29. The summed E-state index contributed by atoms with van der Waals surface area (Å²) in [5, 5.41) is 7.26. The van der Waals surface area contributed by atoms with Gasteiger partial charge in [-0.3, -0.25) is 9.48 Å². The molecule has 1 fully saturated rings. The van der Waals surface area contributed by atoms with E-state index in [0.717, 1.165) is 24.2 Å². The molecule has 1 aliphatic rings. The third-order valence-electron chi connectivity index (χ3n) is 4.12. The number of hydrogen-bond donors (Lipinski definition) is 2. The Morgan fingerprint density at radius 3 is 2.57 bits per heavy atom. The van der Waals surface area contributed by atoms with E-state index in [9.17, 15) is 4.79 Å². The second-order valence-electron chi connectivity index (χ2n) is 5.86. The van der Waals surface area contributed by atoms with Crippen molar-refractivity contribution in [2.45, 2.75) is 39.2 Å². The Bertz CT molecular complexity index is 513. The van der Waals surface area contributed by atoms with Crippen LogP contribution in [0.2, 0.25) is 0 Å². The van der Waals surface area contributed by atoms with E-state index in [1.807, 2.05) is 27.8 Å². The zero-order valence-electron chi connectivity index (χ0n) is 13.1. The van der Waals surface area contributed by atoms with Crippen LogP contribution in [-0.4, -0.2) is 34.4 Å².